The summed E-state index contributed by atoms with van der Waals surface area (Å²) in [6, 6.07) is 12.0. The summed E-state index contributed by atoms with van der Waals surface area (Å²) in [7, 11) is -1.14. The molecule has 16 heavy (non-hydrogen) atoms. The van der Waals surface area contributed by atoms with Gasteiger partial charge in [0.25, 0.3) is 0 Å². The summed E-state index contributed by atoms with van der Waals surface area (Å²) in [6.07, 6.45) is 1.16. The number of hydrogen-bond acceptors (Lipinski definition) is 2. The minimum Gasteiger partial charge on any atom is -0.465 e. The fraction of sp³-hybridized carbons (Fsp3) is 0.400. The molecule has 0 radical (unpaired) electrons. The topological polar surface area (TPSA) is 18.5 Å². The molecule has 1 atom stereocenters. The van der Waals surface area contributed by atoms with E-state index >= 15 is 0 Å². The van der Waals surface area contributed by atoms with Crippen molar-refractivity contribution in [2.45, 2.75) is 25.6 Å². The second-order valence-corrected chi connectivity index (χ2v) is 17.2. The van der Waals surface area contributed by atoms with Crippen molar-refractivity contribution in [1.29, 1.82) is 0 Å². The molecule has 90 valence electrons. The Morgan fingerprint density at radius 3 is 2.56 bits per heavy atom. The highest BCUT2D eigenvalue weighted by molar-refractivity contribution is 7.20. The van der Waals surface area contributed by atoms with Gasteiger partial charge in [-0.25, -0.2) is 0 Å². The average Bonchev–Trinajstić information content (AvgIpc) is 2.35. The molecule has 0 aliphatic heterocycles. The van der Waals surface area contributed by atoms with E-state index in [-0.39, 0.29) is 19.0 Å². The molecule has 1 rings (SSSR count). The second-order valence-electron chi connectivity index (χ2n) is 4.28. The van der Waals surface area contributed by atoms with E-state index in [1.165, 1.54) is 11.6 Å². The lowest BCUT2D eigenvalue weighted by molar-refractivity contribution is 0.593. The highest BCUT2D eigenvalue weighted by atomic mass is 29.2. The first-order valence-corrected chi connectivity index (χ1v) is 14.2. The molecule has 1 aromatic carbocycles. The standard InChI is InChI=1S/C10H22O2Si4/c1-14-12-15-16(2,11-13)9-8-10-6-4-3-5-7-10/h3-7H,8-9,14-15H2,1-2,13H3. The summed E-state index contributed by atoms with van der Waals surface area (Å²) in [4.78, 5) is 0. The Morgan fingerprint density at radius 2 is 2.00 bits per heavy atom. The van der Waals surface area contributed by atoms with Crippen molar-refractivity contribution in [2.75, 3.05) is 0 Å². The largest absolute Gasteiger partial charge is 0.465 e. The van der Waals surface area contributed by atoms with Gasteiger partial charge in [-0.2, -0.15) is 0 Å². The van der Waals surface area contributed by atoms with E-state index in [2.05, 4.69) is 43.4 Å². The Hall–Kier alpha value is 0.00753. The van der Waals surface area contributed by atoms with Gasteiger partial charge in [-0.05, 0) is 24.6 Å². The van der Waals surface area contributed by atoms with Crippen molar-refractivity contribution in [3.05, 3.63) is 35.9 Å². The van der Waals surface area contributed by atoms with Crippen LogP contribution in [0.25, 0.3) is 0 Å². The predicted molar refractivity (Wildman–Crippen MR) is 81.6 cm³/mol. The van der Waals surface area contributed by atoms with Gasteiger partial charge >= 0.3 is 0 Å². The van der Waals surface area contributed by atoms with Gasteiger partial charge in [-0.15, -0.1) is 0 Å². The maximum absolute atomic E-state index is 5.90. The third kappa shape index (κ3) is 4.89. The van der Waals surface area contributed by atoms with Crippen LogP contribution in [0.2, 0.25) is 19.1 Å². The van der Waals surface area contributed by atoms with Crippen molar-refractivity contribution >= 4 is 37.4 Å². The highest BCUT2D eigenvalue weighted by Crippen LogP contribution is 2.13. The lowest BCUT2D eigenvalue weighted by atomic mass is 10.2. The minimum atomic E-state index is -1.41. The van der Waals surface area contributed by atoms with Crippen LogP contribution in [0.4, 0.5) is 0 Å². The Kier molecular flexibility index (Phi) is 6.47. The van der Waals surface area contributed by atoms with Crippen LogP contribution in [0.15, 0.2) is 30.3 Å². The monoisotopic (exact) mass is 286 g/mol. The van der Waals surface area contributed by atoms with Crippen molar-refractivity contribution in [3.8, 4) is 0 Å². The molecule has 0 aliphatic carbocycles. The van der Waals surface area contributed by atoms with Gasteiger partial charge in [-0.3, -0.25) is 0 Å². The van der Waals surface area contributed by atoms with Crippen LogP contribution in [0.1, 0.15) is 5.56 Å². The third-order valence-electron chi connectivity index (χ3n) is 2.89. The highest BCUT2D eigenvalue weighted by Gasteiger charge is 2.27. The quantitative estimate of drug-likeness (QED) is 0.648. The minimum absolute atomic E-state index is 0.223. The second kappa shape index (κ2) is 7.36. The van der Waals surface area contributed by atoms with Gasteiger partial charge in [-0.1, -0.05) is 36.9 Å². The first-order valence-electron chi connectivity index (χ1n) is 5.87. The summed E-state index contributed by atoms with van der Waals surface area (Å²) >= 11 is 0. The smallest absolute Gasteiger partial charge is 0.186 e. The molecule has 0 aromatic heterocycles. The molecule has 0 aliphatic rings. The van der Waals surface area contributed by atoms with Crippen LogP contribution in [0, 0.1) is 0 Å². The van der Waals surface area contributed by atoms with E-state index in [0.717, 1.165) is 16.9 Å². The van der Waals surface area contributed by atoms with Crippen LogP contribution in [-0.2, 0) is 14.7 Å². The van der Waals surface area contributed by atoms with E-state index in [9.17, 15) is 0 Å². The molecular formula is C10H22O2Si4. The summed E-state index contributed by atoms with van der Waals surface area (Å²) in [5.41, 5.74) is 1.43. The van der Waals surface area contributed by atoms with Crippen LogP contribution in [0.3, 0.4) is 0 Å². The Bertz CT molecular complexity index is 296. The molecule has 6 heteroatoms. The molecule has 1 unspecified atom stereocenters. The zero-order valence-electron chi connectivity index (χ0n) is 10.5. The maximum atomic E-state index is 5.90. The van der Waals surface area contributed by atoms with Gasteiger partial charge in [0, 0.05) is 0 Å². The van der Waals surface area contributed by atoms with Crippen molar-refractivity contribution in [3.63, 3.8) is 0 Å². The number of benzene rings is 1. The van der Waals surface area contributed by atoms with E-state index in [1.54, 1.807) is 0 Å². The molecule has 0 heterocycles. The summed E-state index contributed by atoms with van der Waals surface area (Å²) in [5.74, 6) is 0. The normalized spacial score (nSPS) is 16.4. The predicted octanol–water partition coefficient (Wildman–Crippen LogP) is -0.170. The van der Waals surface area contributed by atoms with Gasteiger partial charge < -0.3 is 8.23 Å². The van der Waals surface area contributed by atoms with Gasteiger partial charge in [0.2, 0.25) is 0 Å². The fourth-order valence-electron chi connectivity index (χ4n) is 1.60. The van der Waals surface area contributed by atoms with E-state index < -0.39 is 7.83 Å². The molecule has 0 saturated heterocycles. The van der Waals surface area contributed by atoms with Gasteiger partial charge in [0.15, 0.2) is 17.1 Å². The van der Waals surface area contributed by atoms with Crippen LogP contribution < -0.4 is 0 Å². The van der Waals surface area contributed by atoms with Crippen LogP contribution in [0.5, 0.6) is 0 Å². The molecule has 2 nitrogen and oxygen atoms in total. The molecular weight excluding hydrogens is 264 g/mol. The summed E-state index contributed by atoms with van der Waals surface area (Å²) in [6.45, 7) is 4.57. The molecule has 0 amide bonds. The number of aryl methyl sites for hydroxylation is 1. The molecule has 0 N–H and O–H groups in total. The summed E-state index contributed by atoms with van der Waals surface area (Å²) < 4.78 is 11.7. The van der Waals surface area contributed by atoms with Crippen molar-refractivity contribution in [1.82, 2.24) is 0 Å². The van der Waals surface area contributed by atoms with Gasteiger partial charge in [0.05, 0.1) is 0 Å². The van der Waals surface area contributed by atoms with E-state index in [0.29, 0.717) is 0 Å². The maximum Gasteiger partial charge on any atom is 0.186 e. The Labute approximate surface area is 107 Å². The Balaban J connectivity index is 2.44. The Morgan fingerprint density at radius 1 is 1.31 bits per heavy atom. The molecule has 0 saturated carbocycles. The van der Waals surface area contributed by atoms with Gasteiger partial charge in [0.1, 0.15) is 20.2 Å². The SMILES string of the molecule is C[SiH2]O[SiH2][Si](C)(CCc1ccccc1)O[SiH3]. The average molecular weight is 287 g/mol. The first-order chi connectivity index (χ1) is 7.70. The molecule has 0 bridgehead atoms. The van der Waals surface area contributed by atoms with Crippen LogP contribution in [-0.4, -0.2) is 37.4 Å². The number of hydrogen-bond donors (Lipinski definition) is 0. The molecule has 0 spiro atoms. The zero-order valence-corrected chi connectivity index (χ0v) is 16.4. The fourth-order valence-corrected chi connectivity index (χ4v) is 14.1. The van der Waals surface area contributed by atoms with Crippen molar-refractivity contribution < 1.29 is 8.23 Å². The van der Waals surface area contributed by atoms with E-state index in [4.69, 9.17) is 8.23 Å². The lowest BCUT2D eigenvalue weighted by Gasteiger charge is -2.25. The molecule has 1 aromatic rings. The molecule has 0 fully saturated rings. The lowest BCUT2D eigenvalue weighted by Crippen LogP contribution is -2.43. The first kappa shape index (κ1) is 14.1. The van der Waals surface area contributed by atoms with E-state index in [1.807, 2.05) is 0 Å². The van der Waals surface area contributed by atoms with Crippen LogP contribution >= 0.6 is 0 Å². The zero-order chi connectivity index (χ0) is 11.9. The third-order valence-corrected chi connectivity index (χ3v) is 18.5. The van der Waals surface area contributed by atoms with Crippen molar-refractivity contribution in [2.24, 2.45) is 0 Å². The number of rotatable bonds is 7. The summed E-state index contributed by atoms with van der Waals surface area (Å²) in [5, 5.41) is 0.